The molecular weight excluding hydrogens is 352 g/mol. The second-order valence-electron chi connectivity index (χ2n) is 7.37. The number of hydrogen-bond acceptors (Lipinski definition) is 3. The molecule has 150 valence electrons. The van der Waals surface area contributed by atoms with Crippen molar-refractivity contribution in [3.05, 3.63) is 65.2 Å². The van der Waals surface area contributed by atoms with Crippen LogP contribution in [-0.2, 0) is 22.6 Å². The van der Waals surface area contributed by atoms with Gasteiger partial charge in [0.2, 0.25) is 11.8 Å². The van der Waals surface area contributed by atoms with E-state index >= 15 is 0 Å². The van der Waals surface area contributed by atoms with Crippen LogP contribution in [0.3, 0.4) is 0 Å². The van der Waals surface area contributed by atoms with E-state index in [-0.39, 0.29) is 24.3 Å². The molecule has 0 aromatic heterocycles. The van der Waals surface area contributed by atoms with Crippen molar-refractivity contribution < 1.29 is 14.3 Å². The van der Waals surface area contributed by atoms with Crippen LogP contribution >= 0.6 is 0 Å². The van der Waals surface area contributed by atoms with E-state index in [9.17, 15) is 9.59 Å². The van der Waals surface area contributed by atoms with Crippen LogP contribution in [0.4, 0.5) is 0 Å². The topological polar surface area (TPSA) is 58.6 Å². The average Bonchev–Trinajstić information content (AvgIpc) is 2.65. The van der Waals surface area contributed by atoms with Gasteiger partial charge in [-0.25, -0.2) is 0 Å². The van der Waals surface area contributed by atoms with Crippen molar-refractivity contribution in [2.45, 2.75) is 52.7 Å². The fraction of sp³-hybridized carbons (Fsp3) is 0.391. The van der Waals surface area contributed by atoms with Crippen molar-refractivity contribution in [1.82, 2.24) is 10.2 Å². The van der Waals surface area contributed by atoms with Gasteiger partial charge in [-0.3, -0.25) is 9.59 Å². The number of carbonyl (C=O) groups is 2. The summed E-state index contributed by atoms with van der Waals surface area (Å²) in [5.74, 6) is 0.529. The molecule has 1 N–H and O–H groups in total. The number of ether oxygens (including phenoxy) is 1. The molecule has 0 aliphatic rings. The summed E-state index contributed by atoms with van der Waals surface area (Å²) >= 11 is 0. The van der Waals surface area contributed by atoms with Crippen LogP contribution in [0.25, 0.3) is 0 Å². The van der Waals surface area contributed by atoms with Crippen LogP contribution in [0, 0.1) is 6.92 Å². The first kappa shape index (κ1) is 21.5. The Labute approximate surface area is 167 Å². The third kappa shape index (κ3) is 6.12. The molecule has 0 unspecified atom stereocenters. The quantitative estimate of drug-likeness (QED) is 0.760. The summed E-state index contributed by atoms with van der Waals surface area (Å²) in [5, 5.41) is 2.90. The largest absolute Gasteiger partial charge is 0.497 e. The van der Waals surface area contributed by atoms with Gasteiger partial charge in [-0.2, -0.15) is 0 Å². The molecule has 0 aliphatic heterocycles. The Bertz CT molecular complexity index is 800. The Morgan fingerprint density at radius 3 is 2.29 bits per heavy atom. The van der Waals surface area contributed by atoms with Gasteiger partial charge in [-0.05, 0) is 51.0 Å². The molecule has 28 heavy (non-hydrogen) atoms. The number of aryl methyl sites for hydroxylation is 1. The lowest BCUT2D eigenvalue weighted by Gasteiger charge is -2.29. The molecule has 2 aromatic rings. The van der Waals surface area contributed by atoms with E-state index in [1.807, 2.05) is 69.3 Å². The number of nitrogens with zero attached hydrogens (tertiary/aromatic N) is 1. The van der Waals surface area contributed by atoms with Crippen LogP contribution in [0.2, 0.25) is 0 Å². The summed E-state index contributed by atoms with van der Waals surface area (Å²) < 4.78 is 5.20. The Hall–Kier alpha value is -2.82. The normalized spacial score (nSPS) is 11.8. The number of methoxy groups -OCH3 is 1. The molecule has 0 radical (unpaired) electrons. The number of amides is 2. The first-order valence-corrected chi connectivity index (χ1v) is 9.58. The summed E-state index contributed by atoms with van der Waals surface area (Å²) in [6.45, 7) is 7.96. The maximum absolute atomic E-state index is 13.1. The molecule has 2 amide bonds. The van der Waals surface area contributed by atoms with Gasteiger partial charge in [-0.15, -0.1) is 0 Å². The van der Waals surface area contributed by atoms with Gasteiger partial charge in [0.25, 0.3) is 0 Å². The van der Waals surface area contributed by atoms with E-state index in [0.717, 1.165) is 22.4 Å². The first-order chi connectivity index (χ1) is 13.3. The molecule has 0 saturated heterocycles. The SMILES string of the molecule is COc1ccc(CN(C(=O)Cc2cccc(C)c2)[C@H](C)C(=O)NC(C)C)cc1. The number of benzene rings is 2. The van der Waals surface area contributed by atoms with E-state index < -0.39 is 6.04 Å². The Kier molecular flexibility index (Phi) is 7.61. The molecule has 2 aromatic carbocycles. The molecule has 0 saturated carbocycles. The van der Waals surface area contributed by atoms with Gasteiger partial charge in [0, 0.05) is 12.6 Å². The van der Waals surface area contributed by atoms with E-state index in [4.69, 9.17) is 4.74 Å². The van der Waals surface area contributed by atoms with Crippen molar-refractivity contribution in [1.29, 1.82) is 0 Å². The third-order valence-corrected chi connectivity index (χ3v) is 4.55. The maximum atomic E-state index is 13.1. The third-order valence-electron chi connectivity index (χ3n) is 4.55. The van der Waals surface area contributed by atoms with Gasteiger partial charge in [0.05, 0.1) is 13.5 Å². The highest BCUT2D eigenvalue weighted by atomic mass is 16.5. The lowest BCUT2D eigenvalue weighted by atomic mass is 10.1. The lowest BCUT2D eigenvalue weighted by molar-refractivity contribution is -0.140. The standard InChI is InChI=1S/C23H30N2O3/c1-16(2)24-23(27)18(4)25(15-19-9-11-21(28-5)12-10-19)22(26)14-20-8-6-7-17(3)13-20/h6-13,16,18H,14-15H2,1-5H3,(H,24,27)/t18-/m1/s1. The minimum absolute atomic E-state index is 0.0182. The second kappa shape index (κ2) is 9.93. The smallest absolute Gasteiger partial charge is 0.242 e. The van der Waals surface area contributed by atoms with E-state index in [1.54, 1.807) is 18.9 Å². The molecule has 0 fully saturated rings. The van der Waals surface area contributed by atoms with Crippen molar-refractivity contribution in [2.75, 3.05) is 7.11 Å². The van der Waals surface area contributed by atoms with Gasteiger partial charge >= 0.3 is 0 Å². The van der Waals surface area contributed by atoms with Crippen LogP contribution in [0.1, 0.15) is 37.5 Å². The van der Waals surface area contributed by atoms with Gasteiger partial charge in [0.15, 0.2) is 0 Å². The van der Waals surface area contributed by atoms with Crippen LogP contribution in [-0.4, -0.2) is 35.9 Å². The second-order valence-corrected chi connectivity index (χ2v) is 7.37. The highest BCUT2D eigenvalue weighted by Gasteiger charge is 2.26. The molecule has 5 heteroatoms. The fourth-order valence-corrected chi connectivity index (χ4v) is 3.01. The highest BCUT2D eigenvalue weighted by Crippen LogP contribution is 2.16. The van der Waals surface area contributed by atoms with Gasteiger partial charge in [0.1, 0.15) is 11.8 Å². The zero-order valence-corrected chi connectivity index (χ0v) is 17.4. The zero-order valence-electron chi connectivity index (χ0n) is 17.4. The summed E-state index contributed by atoms with van der Waals surface area (Å²) in [6, 6.07) is 14.9. The van der Waals surface area contributed by atoms with E-state index in [1.165, 1.54) is 0 Å². The summed E-state index contributed by atoms with van der Waals surface area (Å²) in [7, 11) is 1.62. The summed E-state index contributed by atoms with van der Waals surface area (Å²) in [5.41, 5.74) is 3.00. The Morgan fingerprint density at radius 1 is 1.04 bits per heavy atom. The van der Waals surface area contributed by atoms with Crippen LogP contribution in [0.5, 0.6) is 5.75 Å². The van der Waals surface area contributed by atoms with Crippen molar-refractivity contribution >= 4 is 11.8 Å². The fourth-order valence-electron chi connectivity index (χ4n) is 3.01. The van der Waals surface area contributed by atoms with E-state index in [0.29, 0.717) is 6.54 Å². The van der Waals surface area contributed by atoms with E-state index in [2.05, 4.69) is 5.32 Å². The molecular formula is C23H30N2O3. The zero-order chi connectivity index (χ0) is 20.7. The highest BCUT2D eigenvalue weighted by molar-refractivity contribution is 5.88. The van der Waals surface area contributed by atoms with Gasteiger partial charge < -0.3 is 15.0 Å². The first-order valence-electron chi connectivity index (χ1n) is 9.58. The molecule has 5 nitrogen and oxygen atoms in total. The Morgan fingerprint density at radius 2 is 1.71 bits per heavy atom. The molecule has 0 aliphatic carbocycles. The van der Waals surface area contributed by atoms with Crippen molar-refractivity contribution in [2.24, 2.45) is 0 Å². The summed E-state index contributed by atoms with van der Waals surface area (Å²) in [4.78, 5) is 27.3. The summed E-state index contributed by atoms with van der Waals surface area (Å²) in [6.07, 6.45) is 0.261. The maximum Gasteiger partial charge on any atom is 0.242 e. The number of carbonyl (C=O) groups excluding carboxylic acids is 2. The molecule has 0 heterocycles. The number of nitrogens with one attached hydrogen (secondary N) is 1. The predicted octanol–water partition coefficient (Wildman–Crippen LogP) is 3.49. The number of hydrogen-bond donors (Lipinski definition) is 1. The minimum Gasteiger partial charge on any atom is -0.497 e. The van der Waals surface area contributed by atoms with Crippen molar-refractivity contribution in [3.63, 3.8) is 0 Å². The molecule has 0 bridgehead atoms. The van der Waals surface area contributed by atoms with Crippen LogP contribution < -0.4 is 10.1 Å². The lowest BCUT2D eigenvalue weighted by Crippen LogP contribution is -2.49. The molecule has 1 atom stereocenters. The van der Waals surface area contributed by atoms with Crippen LogP contribution in [0.15, 0.2) is 48.5 Å². The monoisotopic (exact) mass is 382 g/mol. The average molecular weight is 383 g/mol. The Balaban J connectivity index is 2.22. The van der Waals surface area contributed by atoms with Gasteiger partial charge in [-0.1, -0.05) is 42.0 Å². The minimum atomic E-state index is -0.568. The predicted molar refractivity (Wildman–Crippen MR) is 111 cm³/mol. The molecule has 2 rings (SSSR count). The number of rotatable bonds is 8. The van der Waals surface area contributed by atoms with Crippen molar-refractivity contribution in [3.8, 4) is 5.75 Å². The molecule has 0 spiro atoms.